The lowest BCUT2D eigenvalue weighted by molar-refractivity contribution is -0.119. The number of methoxy groups -OCH3 is 2. The van der Waals surface area contributed by atoms with E-state index in [4.69, 9.17) is 14.2 Å². The fourth-order valence-electron chi connectivity index (χ4n) is 4.18. The van der Waals surface area contributed by atoms with Crippen LogP contribution in [0.2, 0.25) is 0 Å². The number of fused-ring (bicyclic) bond motifs is 1. The van der Waals surface area contributed by atoms with Crippen molar-refractivity contribution in [2.24, 2.45) is 0 Å². The Hall–Kier alpha value is -3.93. The largest absolute Gasteiger partial charge is 0.493 e. The molecular weight excluding hydrogens is 476 g/mol. The highest BCUT2D eigenvalue weighted by molar-refractivity contribution is 5.87. The first kappa shape index (κ1) is 28.6. The molecule has 0 unspecified atom stereocenters. The fraction of sp³-hybridized carbons (Fsp3) is 0.344. The number of aryl methyl sites for hydroxylation is 2. The summed E-state index contributed by atoms with van der Waals surface area (Å²) in [5.41, 5.74) is 4.37. The summed E-state index contributed by atoms with van der Waals surface area (Å²) < 4.78 is 16.9. The fourth-order valence-corrected chi connectivity index (χ4v) is 4.18. The SMILES string of the molecule is C.COc1cc2ncnc(Oc3cccc(CCC(=O)CCc4ccc(C(C)(C)C)cc4)c3)c2cc1OC. The van der Waals surface area contributed by atoms with Crippen LogP contribution in [0.1, 0.15) is 57.7 Å². The van der Waals surface area contributed by atoms with Gasteiger partial charge in [-0.1, -0.05) is 64.6 Å². The number of Topliss-reactive ketones (excluding diaryl/α,β-unsaturated/α-hetero) is 1. The van der Waals surface area contributed by atoms with E-state index in [1.165, 1.54) is 17.5 Å². The number of benzene rings is 3. The van der Waals surface area contributed by atoms with Gasteiger partial charge in [-0.3, -0.25) is 4.79 Å². The smallest absolute Gasteiger partial charge is 0.230 e. The Morgan fingerprint density at radius 1 is 0.816 bits per heavy atom. The van der Waals surface area contributed by atoms with Gasteiger partial charge < -0.3 is 14.2 Å². The number of ketones is 1. The van der Waals surface area contributed by atoms with Gasteiger partial charge in [0, 0.05) is 18.9 Å². The van der Waals surface area contributed by atoms with Gasteiger partial charge in [0.15, 0.2) is 11.5 Å². The average Bonchev–Trinajstić information content (AvgIpc) is 2.90. The van der Waals surface area contributed by atoms with Crippen molar-refractivity contribution in [1.82, 2.24) is 9.97 Å². The minimum Gasteiger partial charge on any atom is -0.493 e. The van der Waals surface area contributed by atoms with E-state index < -0.39 is 0 Å². The maximum Gasteiger partial charge on any atom is 0.230 e. The minimum absolute atomic E-state index is 0. The Morgan fingerprint density at radius 3 is 2.13 bits per heavy atom. The molecule has 0 saturated carbocycles. The number of rotatable bonds is 10. The summed E-state index contributed by atoms with van der Waals surface area (Å²) in [6.45, 7) is 6.61. The van der Waals surface area contributed by atoms with Gasteiger partial charge in [-0.2, -0.15) is 0 Å². The van der Waals surface area contributed by atoms with Gasteiger partial charge in [-0.25, -0.2) is 9.97 Å². The van der Waals surface area contributed by atoms with Crippen LogP contribution < -0.4 is 14.2 Å². The maximum atomic E-state index is 12.6. The zero-order valence-electron chi connectivity index (χ0n) is 22.2. The van der Waals surface area contributed by atoms with Crippen LogP contribution in [-0.2, 0) is 23.1 Å². The molecule has 200 valence electrons. The van der Waals surface area contributed by atoms with E-state index in [0.29, 0.717) is 47.9 Å². The zero-order chi connectivity index (χ0) is 26.4. The van der Waals surface area contributed by atoms with Crippen LogP contribution in [0.5, 0.6) is 23.1 Å². The molecule has 4 rings (SSSR count). The Balaban J connectivity index is 0.00000400. The second-order valence-corrected chi connectivity index (χ2v) is 10.1. The second-order valence-electron chi connectivity index (χ2n) is 10.1. The van der Waals surface area contributed by atoms with Crippen LogP contribution in [0.15, 0.2) is 67.0 Å². The van der Waals surface area contributed by atoms with Gasteiger partial charge in [-0.15, -0.1) is 0 Å². The summed E-state index contributed by atoms with van der Waals surface area (Å²) in [4.78, 5) is 21.2. The lowest BCUT2D eigenvalue weighted by Crippen LogP contribution is -2.10. The third kappa shape index (κ3) is 7.09. The molecule has 6 nitrogen and oxygen atoms in total. The average molecular weight is 515 g/mol. The highest BCUT2D eigenvalue weighted by Gasteiger charge is 2.14. The first-order valence-corrected chi connectivity index (χ1v) is 12.5. The summed E-state index contributed by atoms with van der Waals surface area (Å²) in [6, 6.07) is 20.0. The van der Waals surface area contributed by atoms with E-state index in [0.717, 1.165) is 17.4 Å². The van der Waals surface area contributed by atoms with E-state index >= 15 is 0 Å². The highest BCUT2D eigenvalue weighted by Crippen LogP contribution is 2.35. The van der Waals surface area contributed by atoms with Crippen molar-refractivity contribution in [2.75, 3.05) is 14.2 Å². The lowest BCUT2D eigenvalue weighted by atomic mass is 9.86. The van der Waals surface area contributed by atoms with Gasteiger partial charge in [0.25, 0.3) is 0 Å². The molecule has 6 heteroatoms. The van der Waals surface area contributed by atoms with Crippen molar-refractivity contribution in [3.8, 4) is 23.1 Å². The van der Waals surface area contributed by atoms with Crippen LogP contribution in [0.3, 0.4) is 0 Å². The van der Waals surface area contributed by atoms with Gasteiger partial charge in [0.2, 0.25) is 5.88 Å². The van der Waals surface area contributed by atoms with Crippen molar-refractivity contribution >= 4 is 16.7 Å². The summed E-state index contributed by atoms with van der Waals surface area (Å²) >= 11 is 0. The van der Waals surface area contributed by atoms with Crippen molar-refractivity contribution in [3.63, 3.8) is 0 Å². The molecule has 4 aromatic rings. The first-order valence-electron chi connectivity index (χ1n) is 12.5. The predicted octanol–water partition coefficient (Wildman–Crippen LogP) is 7.51. The Morgan fingerprint density at radius 2 is 1.47 bits per heavy atom. The van der Waals surface area contributed by atoms with E-state index in [1.54, 1.807) is 20.3 Å². The van der Waals surface area contributed by atoms with Crippen LogP contribution in [0.25, 0.3) is 10.9 Å². The topological polar surface area (TPSA) is 70.5 Å². The molecule has 3 aromatic carbocycles. The van der Waals surface area contributed by atoms with Gasteiger partial charge in [0.05, 0.1) is 25.1 Å². The second kappa shape index (κ2) is 12.5. The maximum absolute atomic E-state index is 12.6. The van der Waals surface area contributed by atoms with Crippen molar-refractivity contribution in [1.29, 1.82) is 0 Å². The molecule has 1 aromatic heterocycles. The van der Waals surface area contributed by atoms with Crippen molar-refractivity contribution in [2.45, 2.75) is 59.3 Å². The van der Waals surface area contributed by atoms with Crippen LogP contribution in [0, 0.1) is 0 Å². The van der Waals surface area contributed by atoms with E-state index in [9.17, 15) is 4.79 Å². The third-order valence-electron chi connectivity index (χ3n) is 6.42. The van der Waals surface area contributed by atoms with Gasteiger partial charge >= 0.3 is 0 Å². The number of aromatic nitrogens is 2. The molecule has 0 atom stereocenters. The Kier molecular flexibility index (Phi) is 9.45. The Bertz CT molecular complexity index is 1370. The van der Waals surface area contributed by atoms with Gasteiger partial charge in [0.1, 0.15) is 17.9 Å². The predicted molar refractivity (Wildman–Crippen MR) is 153 cm³/mol. The standard InChI is InChI=1S/C31H34N2O4.CH4/c1-31(2,3)23-13-9-21(10-14-23)11-15-24(34)16-12-22-7-6-8-25(17-22)37-30-26-18-28(35-4)29(36-5)19-27(26)32-20-33-30;/h6-10,13-14,17-20H,11-12,15-16H2,1-5H3;1H4. The number of nitrogens with zero attached hydrogens (tertiary/aromatic N) is 2. The number of ether oxygens (including phenoxy) is 3. The molecule has 38 heavy (non-hydrogen) atoms. The molecule has 0 aliphatic carbocycles. The zero-order valence-corrected chi connectivity index (χ0v) is 22.2. The van der Waals surface area contributed by atoms with E-state index in [2.05, 4.69) is 55.0 Å². The molecule has 0 bridgehead atoms. The molecule has 0 amide bonds. The van der Waals surface area contributed by atoms with Gasteiger partial charge in [-0.05, 0) is 53.1 Å². The molecule has 0 saturated heterocycles. The summed E-state index contributed by atoms with van der Waals surface area (Å²) in [5.74, 6) is 2.50. The van der Waals surface area contributed by atoms with Crippen LogP contribution in [-0.4, -0.2) is 30.0 Å². The summed E-state index contributed by atoms with van der Waals surface area (Å²) in [7, 11) is 3.17. The lowest BCUT2D eigenvalue weighted by Gasteiger charge is -2.19. The molecule has 0 aliphatic rings. The summed E-state index contributed by atoms with van der Waals surface area (Å²) in [6.07, 6.45) is 3.93. The van der Waals surface area contributed by atoms with Crippen molar-refractivity contribution < 1.29 is 19.0 Å². The number of hydrogen-bond donors (Lipinski definition) is 0. The normalized spacial score (nSPS) is 11.1. The quantitative estimate of drug-likeness (QED) is 0.218. The third-order valence-corrected chi connectivity index (χ3v) is 6.42. The van der Waals surface area contributed by atoms with E-state index in [1.807, 2.05) is 30.3 Å². The number of carbonyl (C=O) groups excluding carboxylic acids is 1. The highest BCUT2D eigenvalue weighted by atomic mass is 16.5. The number of hydrogen-bond acceptors (Lipinski definition) is 6. The van der Waals surface area contributed by atoms with Crippen LogP contribution >= 0.6 is 0 Å². The van der Waals surface area contributed by atoms with E-state index in [-0.39, 0.29) is 18.6 Å². The van der Waals surface area contributed by atoms with Crippen molar-refractivity contribution in [3.05, 3.63) is 83.7 Å². The molecule has 0 aliphatic heterocycles. The Labute approximate surface area is 226 Å². The number of carbonyl (C=O) groups is 1. The minimum atomic E-state index is 0. The molecular formula is C32H38N2O4. The molecule has 1 heterocycles. The molecule has 0 spiro atoms. The summed E-state index contributed by atoms with van der Waals surface area (Å²) in [5, 5.41) is 0.719. The molecule has 0 fully saturated rings. The van der Waals surface area contributed by atoms with Crippen LogP contribution in [0.4, 0.5) is 0 Å². The monoisotopic (exact) mass is 514 g/mol. The first-order chi connectivity index (χ1) is 17.8. The molecule has 0 radical (unpaired) electrons. The molecule has 0 N–H and O–H groups in total.